The second-order valence-corrected chi connectivity index (χ2v) is 6.89. The Morgan fingerprint density at radius 1 is 1.19 bits per heavy atom. The molecule has 0 unspecified atom stereocenters. The number of imidazole rings is 1. The molecule has 0 radical (unpaired) electrons. The minimum absolute atomic E-state index is 0.0761. The minimum atomic E-state index is -0.313. The van der Waals surface area contributed by atoms with Gasteiger partial charge in [-0.2, -0.15) is 0 Å². The average molecular weight is 381 g/mol. The van der Waals surface area contributed by atoms with Gasteiger partial charge < -0.3 is 15.0 Å². The normalized spacial score (nSPS) is 10.6. The van der Waals surface area contributed by atoms with Crippen LogP contribution in [0, 0.1) is 0 Å². The number of aromatic nitrogens is 2. The number of benzene rings is 2. The number of phenols is 1. The molecule has 0 spiro atoms. The fraction of sp³-hybridized carbons (Fsp3) is 0.150. The van der Waals surface area contributed by atoms with E-state index in [4.69, 9.17) is 0 Å². The number of nitrogens with one attached hydrogen (secondary N) is 1. The summed E-state index contributed by atoms with van der Waals surface area (Å²) < 4.78 is 1.99. The highest BCUT2D eigenvalue weighted by Crippen LogP contribution is 2.26. The van der Waals surface area contributed by atoms with E-state index in [0.717, 1.165) is 10.7 Å². The SMILES string of the molecule is CC(=O)Nc1cc(C(=O)CSc2nccn2Cc2ccccc2)ccc1O. The number of rotatable bonds is 7. The summed E-state index contributed by atoms with van der Waals surface area (Å²) in [6.07, 6.45) is 3.60. The first-order valence-corrected chi connectivity index (χ1v) is 9.33. The van der Waals surface area contributed by atoms with Gasteiger partial charge in [0.2, 0.25) is 5.91 Å². The molecule has 0 aliphatic rings. The Kier molecular flexibility index (Phi) is 5.93. The second kappa shape index (κ2) is 8.55. The predicted octanol–water partition coefficient (Wildman–Crippen LogP) is 3.57. The van der Waals surface area contributed by atoms with Gasteiger partial charge in [-0.3, -0.25) is 9.59 Å². The Morgan fingerprint density at radius 3 is 2.70 bits per heavy atom. The third-order valence-electron chi connectivity index (χ3n) is 3.83. The molecule has 138 valence electrons. The zero-order valence-electron chi connectivity index (χ0n) is 14.8. The lowest BCUT2D eigenvalue weighted by Crippen LogP contribution is -2.09. The summed E-state index contributed by atoms with van der Waals surface area (Å²) in [5, 5.41) is 13.0. The first-order chi connectivity index (χ1) is 13.0. The summed E-state index contributed by atoms with van der Waals surface area (Å²) in [7, 11) is 0. The van der Waals surface area contributed by atoms with Crippen molar-refractivity contribution in [2.75, 3.05) is 11.1 Å². The van der Waals surface area contributed by atoms with Gasteiger partial charge in [-0.25, -0.2) is 4.98 Å². The van der Waals surface area contributed by atoms with Crippen molar-refractivity contribution in [2.45, 2.75) is 18.6 Å². The number of carbonyl (C=O) groups is 2. The van der Waals surface area contributed by atoms with E-state index in [-0.39, 0.29) is 28.9 Å². The summed E-state index contributed by atoms with van der Waals surface area (Å²) in [5.41, 5.74) is 1.80. The molecule has 1 aromatic heterocycles. The number of hydrogen-bond acceptors (Lipinski definition) is 5. The summed E-state index contributed by atoms with van der Waals surface area (Å²) in [6.45, 7) is 2.03. The first kappa shape index (κ1) is 18.7. The average Bonchev–Trinajstić information content (AvgIpc) is 3.09. The number of carbonyl (C=O) groups excluding carboxylic acids is 2. The van der Waals surface area contributed by atoms with Crippen molar-refractivity contribution < 1.29 is 14.7 Å². The van der Waals surface area contributed by atoms with Gasteiger partial charge in [0, 0.05) is 31.4 Å². The van der Waals surface area contributed by atoms with Crippen LogP contribution in [0.3, 0.4) is 0 Å². The standard InChI is InChI=1S/C20H19N3O3S/c1-14(24)22-17-11-16(7-8-18(17)25)19(26)13-27-20-21-9-10-23(20)12-15-5-3-2-4-6-15/h2-11,25H,12-13H2,1H3,(H,22,24). The Bertz CT molecular complexity index is 954. The maximum Gasteiger partial charge on any atom is 0.221 e. The van der Waals surface area contributed by atoms with Crippen molar-refractivity contribution in [3.05, 3.63) is 72.1 Å². The van der Waals surface area contributed by atoms with E-state index >= 15 is 0 Å². The van der Waals surface area contributed by atoms with Gasteiger partial charge in [0.1, 0.15) is 5.75 Å². The van der Waals surface area contributed by atoms with E-state index in [2.05, 4.69) is 10.3 Å². The largest absolute Gasteiger partial charge is 0.506 e. The summed E-state index contributed by atoms with van der Waals surface area (Å²) in [6, 6.07) is 14.5. The molecule has 0 aliphatic heterocycles. The quantitative estimate of drug-likeness (QED) is 0.371. The van der Waals surface area contributed by atoms with Crippen LogP contribution in [0.15, 0.2) is 66.1 Å². The van der Waals surface area contributed by atoms with Gasteiger partial charge in [-0.05, 0) is 23.8 Å². The molecule has 0 saturated carbocycles. The van der Waals surface area contributed by atoms with Crippen LogP contribution in [0.2, 0.25) is 0 Å². The number of nitrogens with zero attached hydrogens (tertiary/aromatic N) is 2. The van der Waals surface area contributed by atoms with E-state index in [0.29, 0.717) is 12.1 Å². The third-order valence-corrected chi connectivity index (χ3v) is 4.84. The lowest BCUT2D eigenvalue weighted by atomic mass is 10.1. The maximum atomic E-state index is 12.5. The van der Waals surface area contributed by atoms with E-state index in [1.165, 1.54) is 30.8 Å². The predicted molar refractivity (Wildman–Crippen MR) is 105 cm³/mol. The maximum absolute atomic E-state index is 12.5. The molecule has 0 aliphatic carbocycles. The zero-order chi connectivity index (χ0) is 19.2. The number of ketones is 1. The van der Waals surface area contributed by atoms with Gasteiger partial charge in [0.15, 0.2) is 10.9 Å². The number of phenolic OH excluding ortho intramolecular Hbond substituents is 1. The third kappa shape index (κ3) is 4.98. The fourth-order valence-corrected chi connectivity index (χ4v) is 3.40. The van der Waals surface area contributed by atoms with E-state index < -0.39 is 0 Å². The Labute approximate surface area is 161 Å². The van der Waals surface area contributed by atoms with Gasteiger partial charge >= 0.3 is 0 Å². The van der Waals surface area contributed by atoms with Gasteiger partial charge in [-0.1, -0.05) is 42.1 Å². The zero-order valence-corrected chi connectivity index (χ0v) is 15.6. The summed E-state index contributed by atoms with van der Waals surface area (Å²) in [5.74, 6) is -0.295. The minimum Gasteiger partial charge on any atom is -0.506 e. The van der Waals surface area contributed by atoms with Gasteiger partial charge in [0.25, 0.3) is 0 Å². The van der Waals surface area contributed by atoms with Crippen LogP contribution >= 0.6 is 11.8 Å². The molecule has 7 heteroatoms. The van der Waals surface area contributed by atoms with Gasteiger partial charge in [-0.15, -0.1) is 0 Å². The summed E-state index contributed by atoms with van der Waals surface area (Å²) in [4.78, 5) is 28.0. The number of aromatic hydroxyl groups is 1. The second-order valence-electron chi connectivity index (χ2n) is 5.95. The number of hydrogen-bond donors (Lipinski definition) is 2. The van der Waals surface area contributed by atoms with Crippen molar-refractivity contribution in [3.63, 3.8) is 0 Å². The van der Waals surface area contributed by atoms with Crippen LogP contribution < -0.4 is 5.32 Å². The van der Waals surface area contributed by atoms with Gasteiger partial charge in [0.05, 0.1) is 11.4 Å². The van der Waals surface area contributed by atoms with Crippen molar-refractivity contribution in [2.24, 2.45) is 0 Å². The van der Waals surface area contributed by atoms with Crippen LogP contribution in [0.25, 0.3) is 0 Å². The highest BCUT2D eigenvalue weighted by molar-refractivity contribution is 7.99. The molecule has 3 aromatic rings. The van der Waals surface area contributed by atoms with Crippen molar-refractivity contribution in [1.29, 1.82) is 0 Å². The van der Waals surface area contributed by atoms with Crippen molar-refractivity contribution >= 4 is 29.1 Å². The van der Waals surface area contributed by atoms with Crippen LogP contribution in [0.4, 0.5) is 5.69 Å². The molecule has 2 N–H and O–H groups in total. The van der Waals surface area contributed by atoms with Crippen LogP contribution in [0.5, 0.6) is 5.75 Å². The molecule has 6 nitrogen and oxygen atoms in total. The van der Waals surface area contributed by atoms with E-state index in [1.54, 1.807) is 12.3 Å². The monoisotopic (exact) mass is 381 g/mol. The number of thioether (sulfide) groups is 1. The fourth-order valence-electron chi connectivity index (χ4n) is 2.55. The van der Waals surface area contributed by atoms with E-state index in [1.807, 2.05) is 41.1 Å². The molecular formula is C20H19N3O3S. The smallest absolute Gasteiger partial charge is 0.221 e. The molecule has 27 heavy (non-hydrogen) atoms. The van der Waals surface area contributed by atoms with Crippen molar-refractivity contribution in [1.82, 2.24) is 9.55 Å². The lowest BCUT2D eigenvalue weighted by molar-refractivity contribution is -0.114. The molecule has 0 atom stereocenters. The van der Waals surface area contributed by atoms with Crippen LogP contribution in [-0.2, 0) is 11.3 Å². The molecule has 1 heterocycles. The molecule has 0 bridgehead atoms. The van der Waals surface area contributed by atoms with E-state index in [9.17, 15) is 14.7 Å². The Balaban J connectivity index is 1.66. The highest BCUT2D eigenvalue weighted by atomic mass is 32.2. The Hall–Kier alpha value is -3.06. The lowest BCUT2D eigenvalue weighted by Gasteiger charge is -2.09. The van der Waals surface area contributed by atoms with Crippen LogP contribution in [0.1, 0.15) is 22.8 Å². The van der Waals surface area contributed by atoms with Crippen LogP contribution in [-0.4, -0.2) is 32.1 Å². The first-order valence-electron chi connectivity index (χ1n) is 8.34. The number of Topliss-reactive ketones (excluding diaryl/α,β-unsaturated/α-hetero) is 1. The summed E-state index contributed by atoms with van der Waals surface area (Å²) >= 11 is 1.35. The number of anilines is 1. The molecule has 0 saturated heterocycles. The molecule has 3 rings (SSSR count). The molecule has 0 fully saturated rings. The molecular weight excluding hydrogens is 362 g/mol. The Morgan fingerprint density at radius 2 is 1.96 bits per heavy atom. The van der Waals surface area contributed by atoms with Crippen molar-refractivity contribution in [3.8, 4) is 5.75 Å². The molecule has 1 amide bonds. The highest BCUT2D eigenvalue weighted by Gasteiger charge is 2.13. The number of amides is 1. The molecule has 2 aromatic carbocycles. The topological polar surface area (TPSA) is 84.2 Å².